The monoisotopic (exact) mass is 391 g/mol. The normalized spacial score (nSPS) is 13.6. The van der Waals surface area contributed by atoms with Crippen molar-refractivity contribution in [2.75, 3.05) is 19.9 Å². The molecule has 0 saturated carbocycles. The van der Waals surface area contributed by atoms with Gasteiger partial charge in [-0.15, -0.1) is 11.3 Å². The summed E-state index contributed by atoms with van der Waals surface area (Å²) in [5.74, 6) is 0.358. The molecule has 1 unspecified atom stereocenters. The summed E-state index contributed by atoms with van der Waals surface area (Å²) in [7, 11) is 0. The van der Waals surface area contributed by atoms with Gasteiger partial charge in [0.1, 0.15) is 11.0 Å². The Balaban J connectivity index is 1.71. The van der Waals surface area contributed by atoms with Crippen LogP contribution in [0.15, 0.2) is 23.6 Å². The van der Waals surface area contributed by atoms with E-state index in [9.17, 15) is 14.7 Å². The molecule has 1 aromatic carbocycles. The van der Waals surface area contributed by atoms with Gasteiger partial charge in [0.05, 0.1) is 5.69 Å². The third-order valence-electron chi connectivity index (χ3n) is 4.21. The van der Waals surface area contributed by atoms with E-state index in [1.165, 1.54) is 18.3 Å². The lowest BCUT2D eigenvalue weighted by Crippen LogP contribution is -2.42. The van der Waals surface area contributed by atoms with Gasteiger partial charge in [0.15, 0.2) is 11.5 Å². The Morgan fingerprint density at radius 2 is 2.15 bits per heavy atom. The first-order chi connectivity index (χ1) is 12.9. The highest BCUT2D eigenvalue weighted by Crippen LogP contribution is 2.36. The van der Waals surface area contributed by atoms with E-state index in [1.807, 2.05) is 23.6 Å². The number of nitrogens with zero attached hydrogens (tertiary/aromatic N) is 2. The summed E-state index contributed by atoms with van der Waals surface area (Å²) >= 11 is 1.49. The number of ether oxygens (including phenoxy) is 2. The number of aliphatic carboxylic acids is 1. The van der Waals surface area contributed by atoms with Crippen molar-refractivity contribution in [1.29, 1.82) is 0 Å². The Hall–Kier alpha value is -2.65. The van der Waals surface area contributed by atoms with Gasteiger partial charge >= 0.3 is 5.97 Å². The lowest BCUT2D eigenvalue weighted by atomic mass is 10.2. The number of thiazole rings is 1. The van der Waals surface area contributed by atoms with E-state index in [2.05, 4.69) is 10.3 Å². The first-order valence-electron chi connectivity index (χ1n) is 8.49. The molecule has 1 aliphatic rings. The minimum Gasteiger partial charge on any atom is -0.480 e. The maximum atomic E-state index is 11.4. The maximum absolute atomic E-state index is 11.4. The molecule has 1 amide bonds. The molecule has 0 radical (unpaired) electrons. The number of fused-ring (bicyclic) bond motifs is 1. The molecular weight excluding hydrogens is 370 g/mol. The van der Waals surface area contributed by atoms with Crippen LogP contribution in [-0.2, 0) is 16.1 Å². The summed E-state index contributed by atoms with van der Waals surface area (Å²) in [6.07, 6.45) is 0. The highest BCUT2D eigenvalue weighted by molar-refractivity contribution is 7.13. The molecule has 9 heteroatoms. The molecule has 144 valence electrons. The number of carbonyl (C=O) groups excluding carboxylic acids is 1. The fraction of sp³-hybridized carbons (Fsp3) is 0.389. The van der Waals surface area contributed by atoms with Gasteiger partial charge < -0.3 is 19.9 Å². The lowest BCUT2D eigenvalue weighted by Gasteiger charge is -2.25. The van der Waals surface area contributed by atoms with Crippen molar-refractivity contribution in [2.45, 2.75) is 26.4 Å². The predicted molar refractivity (Wildman–Crippen MR) is 99.9 cm³/mol. The highest BCUT2D eigenvalue weighted by atomic mass is 32.1. The standard InChI is InChI=1S/C18H21N3O5S/c1-11(18(23)24)21(6-5-19-12(2)22)8-14-9-27-17(20-14)13-3-4-15-16(7-13)26-10-25-15/h3-4,7,9,11H,5-6,8,10H2,1-2H3,(H,19,22)(H,23,24). The SMILES string of the molecule is CC(=O)NCCN(Cc1csc(-c2ccc3c(c2)OCO3)n1)C(C)C(=O)O. The molecule has 27 heavy (non-hydrogen) atoms. The number of hydrogen-bond acceptors (Lipinski definition) is 7. The molecule has 0 aliphatic carbocycles. The maximum Gasteiger partial charge on any atom is 0.320 e. The number of carboxylic acid groups (broad SMARTS) is 1. The number of carboxylic acids is 1. The quantitative estimate of drug-likeness (QED) is 0.709. The zero-order valence-corrected chi connectivity index (χ0v) is 15.9. The highest BCUT2D eigenvalue weighted by Gasteiger charge is 2.22. The molecule has 1 aliphatic heterocycles. The smallest absolute Gasteiger partial charge is 0.320 e. The molecule has 0 bridgehead atoms. The predicted octanol–water partition coefficient (Wildman–Crippen LogP) is 1.95. The van der Waals surface area contributed by atoms with E-state index in [1.54, 1.807) is 11.8 Å². The van der Waals surface area contributed by atoms with Crippen molar-refractivity contribution >= 4 is 23.2 Å². The van der Waals surface area contributed by atoms with Crippen LogP contribution in [0, 0.1) is 0 Å². The second-order valence-electron chi connectivity index (χ2n) is 6.18. The van der Waals surface area contributed by atoms with Crippen LogP contribution in [0.2, 0.25) is 0 Å². The first kappa shape index (κ1) is 19.1. The molecule has 8 nitrogen and oxygen atoms in total. The van der Waals surface area contributed by atoms with Crippen LogP contribution in [-0.4, -0.2) is 52.8 Å². The number of aromatic nitrogens is 1. The number of nitrogens with one attached hydrogen (secondary N) is 1. The van der Waals surface area contributed by atoms with E-state index in [4.69, 9.17) is 9.47 Å². The second kappa shape index (κ2) is 8.36. The number of hydrogen-bond donors (Lipinski definition) is 2. The van der Waals surface area contributed by atoms with Crippen LogP contribution in [0.4, 0.5) is 0 Å². The summed E-state index contributed by atoms with van der Waals surface area (Å²) in [5, 5.41) is 14.8. The summed E-state index contributed by atoms with van der Waals surface area (Å²) in [6.45, 7) is 4.46. The Morgan fingerprint density at radius 1 is 1.37 bits per heavy atom. The van der Waals surface area contributed by atoms with Crippen molar-refractivity contribution in [3.63, 3.8) is 0 Å². The van der Waals surface area contributed by atoms with Crippen LogP contribution < -0.4 is 14.8 Å². The topological polar surface area (TPSA) is 101 Å². The van der Waals surface area contributed by atoms with E-state index in [0.29, 0.717) is 25.4 Å². The summed E-state index contributed by atoms with van der Waals surface area (Å²) in [5.41, 5.74) is 1.70. The molecule has 3 rings (SSSR count). The Kier molecular flexibility index (Phi) is 5.92. The molecule has 2 N–H and O–H groups in total. The third-order valence-corrected chi connectivity index (χ3v) is 5.15. The van der Waals surface area contributed by atoms with Crippen LogP contribution in [0.1, 0.15) is 19.5 Å². The van der Waals surface area contributed by atoms with Gasteiger partial charge in [-0.05, 0) is 25.1 Å². The van der Waals surface area contributed by atoms with E-state index in [-0.39, 0.29) is 12.7 Å². The molecule has 1 atom stereocenters. The van der Waals surface area contributed by atoms with E-state index in [0.717, 1.165) is 22.0 Å². The molecule has 0 spiro atoms. The van der Waals surface area contributed by atoms with Gasteiger partial charge in [0.2, 0.25) is 12.7 Å². The van der Waals surface area contributed by atoms with Gasteiger partial charge in [-0.3, -0.25) is 14.5 Å². The first-order valence-corrected chi connectivity index (χ1v) is 9.37. The number of benzene rings is 1. The summed E-state index contributed by atoms with van der Waals surface area (Å²) in [4.78, 5) is 28.8. The second-order valence-corrected chi connectivity index (χ2v) is 7.04. The van der Waals surface area contributed by atoms with Crippen molar-refractivity contribution < 1.29 is 24.2 Å². The van der Waals surface area contributed by atoms with Gasteiger partial charge in [-0.2, -0.15) is 0 Å². The Bertz CT molecular complexity index is 838. The van der Waals surface area contributed by atoms with Crippen molar-refractivity contribution in [3.05, 3.63) is 29.3 Å². The lowest BCUT2D eigenvalue weighted by molar-refractivity contribution is -0.142. The largest absolute Gasteiger partial charge is 0.480 e. The average Bonchev–Trinajstić information content (AvgIpc) is 3.28. The van der Waals surface area contributed by atoms with Gasteiger partial charge in [0.25, 0.3) is 0 Å². The average molecular weight is 391 g/mol. The zero-order valence-electron chi connectivity index (χ0n) is 15.1. The van der Waals surface area contributed by atoms with Gasteiger partial charge in [0, 0.05) is 37.5 Å². The zero-order chi connectivity index (χ0) is 19.4. The number of carbonyl (C=O) groups is 2. The van der Waals surface area contributed by atoms with Crippen molar-refractivity contribution in [1.82, 2.24) is 15.2 Å². The Labute approximate surface area is 160 Å². The molecule has 2 heterocycles. The van der Waals surface area contributed by atoms with Crippen LogP contribution >= 0.6 is 11.3 Å². The fourth-order valence-corrected chi connectivity index (χ4v) is 3.50. The van der Waals surface area contributed by atoms with E-state index < -0.39 is 12.0 Å². The van der Waals surface area contributed by atoms with Gasteiger partial charge in [-0.25, -0.2) is 4.98 Å². The summed E-state index contributed by atoms with van der Waals surface area (Å²) < 4.78 is 10.7. The van der Waals surface area contributed by atoms with Crippen LogP contribution in [0.5, 0.6) is 11.5 Å². The minimum atomic E-state index is -0.913. The third kappa shape index (κ3) is 4.75. The molecule has 1 aromatic heterocycles. The van der Waals surface area contributed by atoms with Crippen molar-refractivity contribution in [3.8, 4) is 22.1 Å². The summed E-state index contributed by atoms with van der Waals surface area (Å²) in [6, 6.07) is 4.98. The number of amides is 1. The minimum absolute atomic E-state index is 0.142. The molecular formula is C18H21N3O5S. The Morgan fingerprint density at radius 3 is 2.89 bits per heavy atom. The molecule has 0 fully saturated rings. The molecule has 0 saturated heterocycles. The van der Waals surface area contributed by atoms with Crippen LogP contribution in [0.3, 0.4) is 0 Å². The van der Waals surface area contributed by atoms with E-state index >= 15 is 0 Å². The fourth-order valence-electron chi connectivity index (χ4n) is 2.69. The number of rotatable bonds is 8. The molecule has 2 aromatic rings. The van der Waals surface area contributed by atoms with Gasteiger partial charge in [-0.1, -0.05) is 0 Å². The van der Waals surface area contributed by atoms with Crippen molar-refractivity contribution in [2.24, 2.45) is 0 Å². The van der Waals surface area contributed by atoms with Crippen LogP contribution in [0.25, 0.3) is 10.6 Å².